The van der Waals surface area contributed by atoms with E-state index in [-0.39, 0.29) is 11.7 Å². The number of hydrogen-bond acceptors (Lipinski definition) is 6. The summed E-state index contributed by atoms with van der Waals surface area (Å²) in [6, 6.07) is 4.47. The predicted molar refractivity (Wildman–Crippen MR) is 137 cm³/mol. The largest absolute Gasteiger partial charge is 0.351 e. The molecule has 2 rings (SSSR count). The van der Waals surface area contributed by atoms with Gasteiger partial charge in [-0.2, -0.15) is 0 Å². The van der Waals surface area contributed by atoms with E-state index in [0.29, 0.717) is 40.4 Å². The minimum absolute atomic E-state index is 0.0896. The monoisotopic (exact) mass is 489 g/mol. The van der Waals surface area contributed by atoms with Gasteiger partial charge in [0, 0.05) is 12.0 Å². The zero-order valence-corrected chi connectivity index (χ0v) is 20.8. The Morgan fingerprint density at radius 2 is 1.71 bits per heavy atom. The third-order valence-electron chi connectivity index (χ3n) is 5.60. The number of benzene rings is 1. The average Bonchev–Trinajstić information content (AvgIpc) is 2.85. The number of aromatic nitrogens is 2. The fraction of sp³-hybridized carbons (Fsp3) is 0.500. The molecule has 34 heavy (non-hydrogen) atoms. The van der Waals surface area contributed by atoms with Gasteiger partial charge in [-0.3, -0.25) is 10.2 Å². The number of anilines is 2. The molecule has 2 aromatic rings. The minimum atomic E-state index is -0.727. The summed E-state index contributed by atoms with van der Waals surface area (Å²) in [5.74, 6) is 11.3. The van der Waals surface area contributed by atoms with Gasteiger partial charge < -0.3 is 5.32 Å². The number of halogens is 1. The zero-order valence-electron chi connectivity index (χ0n) is 20.1. The molecule has 1 aromatic heterocycles. The molecule has 0 bridgehead atoms. The van der Waals surface area contributed by atoms with E-state index in [1.165, 1.54) is 38.4 Å². The molecule has 0 aliphatic carbocycles. The number of urea groups is 1. The van der Waals surface area contributed by atoms with Crippen LogP contribution in [0.2, 0.25) is 5.02 Å². The normalized spacial score (nSPS) is 10.7. The average molecular weight is 490 g/mol. The molecule has 0 saturated carbocycles. The highest BCUT2D eigenvalue weighted by Crippen LogP contribution is 2.35. The maximum atomic E-state index is 12.5. The van der Waals surface area contributed by atoms with E-state index in [0.717, 1.165) is 24.3 Å². The van der Waals surface area contributed by atoms with Crippen molar-refractivity contribution in [3.05, 3.63) is 35.2 Å². The summed E-state index contributed by atoms with van der Waals surface area (Å²) >= 11 is 6.36. The summed E-state index contributed by atoms with van der Waals surface area (Å²) in [6.07, 6.45) is 11.7. The van der Waals surface area contributed by atoms with E-state index in [1.54, 1.807) is 18.2 Å². The lowest BCUT2D eigenvalue weighted by Crippen LogP contribution is -2.48. The smallest absolute Gasteiger partial charge is 0.325 e. The third kappa shape index (κ3) is 7.93. The van der Waals surface area contributed by atoms with Crippen LogP contribution in [0.5, 0.6) is 0 Å². The summed E-state index contributed by atoms with van der Waals surface area (Å²) in [5, 5.41) is 4.14. The molecule has 0 spiro atoms. The second-order valence-electron chi connectivity index (χ2n) is 8.16. The van der Waals surface area contributed by atoms with Crippen molar-refractivity contribution in [3.8, 4) is 11.1 Å². The van der Waals surface area contributed by atoms with Gasteiger partial charge in [0.1, 0.15) is 6.33 Å². The summed E-state index contributed by atoms with van der Waals surface area (Å²) in [5.41, 5.74) is 4.38. The quantitative estimate of drug-likeness (QED) is 0.134. The van der Waals surface area contributed by atoms with Gasteiger partial charge in [-0.25, -0.2) is 31.5 Å². The minimum Gasteiger partial charge on any atom is -0.325 e. The Morgan fingerprint density at radius 1 is 1.03 bits per heavy atom. The maximum Gasteiger partial charge on any atom is 0.351 e. The lowest BCUT2D eigenvalue weighted by atomic mass is 10.0. The Balaban J connectivity index is 2.11. The first kappa shape index (κ1) is 27.5. The summed E-state index contributed by atoms with van der Waals surface area (Å²) in [6.45, 7) is 4.14. The first-order chi connectivity index (χ1) is 16.4. The van der Waals surface area contributed by atoms with E-state index >= 15 is 0 Å². The van der Waals surface area contributed by atoms with Crippen LogP contribution in [0, 0.1) is 0 Å². The van der Waals surface area contributed by atoms with Crippen molar-refractivity contribution < 1.29 is 9.59 Å². The fourth-order valence-electron chi connectivity index (χ4n) is 3.73. The Morgan fingerprint density at radius 3 is 2.35 bits per heavy atom. The lowest BCUT2D eigenvalue weighted by Gasteiger charge is -2.20. The van der Waals surface area contributed by atoms with Crippen LogP contribution in [0.3, 0.4) is 0 Å². The second kappa shape index (κ2) is 14.5. The van der Waals surface area contributed by atoms with Gasteiger partial charge in [0.2, 0.25) is 5.91 Å². The van der Waals surface area contributed by atoms with Crippen LogP contribution >= 0.6 is 11.6 Å². The number of nitrogens with one attached hydrogen (secondary N) is 2. The topological polar surface area (TPSA) is 139 Å². The van der Waals surface area contributed by atoms with Gasteiger partial charge in [-0.1, -0.05) is 76.5 Å². The van der Waals surface area contributed by atoms with Crippen LogP contribution in [0.15, 0.2) is 24.5 Å². The molecule has 0 atom stereocenters. The van der Waals surface area contributed by atoms with Crippen LogP contribution in [0.1, 0.15) is 77.3 Å². The Kier molecular flexibility index (Phi) is 11.7. The molecular weight excluding hydrogens is 454 g/mol. The number of nitrogens with zero attached hydrogens (tertiary/aromatic N) is 3. The van der Waals surface area contributed by atoms with Crippen molar-refractivity contribution in [1.82, 2.24) is 15.4 Å². The van der Waals surface area contributed by atoms with Crippen molar-refractivity contribution >= 4 is 35.0 Å². The first-order valence-electron chi connectivity index (χ1n) is 11.9. The highest BCUT2D eigenvalue weighted by molar-refractivity contribution is 6.33. The number of unbranched alkanes of at least 4 members (excludes halogenated alkanes) is 7. The lowest BCUT2D eigenvalue weighted by molar-refractivity contribution is -0.116. The highest BCUT2D eigenvalue weighted by Gasteiger charge is 2.21. The number of hydrogen-bond donors (Lipinski definition) is 4. The van der Waals surface area contributed by atoms with E-state index in [9.17, 15) is 9.59 Å². The number of carbonyl (C=O) groups is 2. The van der Waals surface area contributed by atoms with Gasteiger partial charge in [0.15, 0.2) is 5.82 Å². The molecule has 9 nitrogen and oxygen atoms in total. The van der Waals surface area contributed by atoms with Gasteiger partial charge in [0.05, 0.1) is 16.4 Å². The number of hydrazine groups is 2. The molecule has 0 radical (unpaired) electrons. The third-order valence-corrected chi connectivity index (χ3v) is 5.93. The van der Waals surface area contributed by atoms with Crippen LogP contribution in [-0.2, 0) is 11.2 Å². The molecule has 6 N–H and O–H groups in total. The van der Waals surface area contributed by atoms with Gasteiger partial charge >= 0.3 is 6.03 Å². The number of nitrogens with two attached hydrogens (primary N) is 2. The molecule has 186 valence electrons. The molecule has 1 aromatic carbocycles. The Labute approximate surface area is 206 Å². The molecule has 1 heterocycles. The van der Waals surface area contributed by atoms with Crippen molar-refractivity contribution in [2.75, 3.05) is 10.3 Å². The van der Waals surface area contributed by atoms with Gasteiger partial charge in [0.25, 0.3) is 0 Å². The number of rotatable bonds is 13. The molecule has 10 heteroatoms. The summed E-state index contributed by atoms with van der Waals surface area (Å²) < 4.78 is 0. The summed E-state index contributed by atoms with van der Waals surface area (Å²) in [4.78, 5) is 33.0. The molecule has 0 unspecified atom stereocenters. The summed E-state index contributed by atoms with van der Waals surface area (Å²) in [7, 11) is 0. The van der Waals surface area contributed by atoms with Gasteiger partial charge in [-0.15, -0.1) is 0 Å². The Hall–Kier alpha value is -2.75. The van der Waals surface area contributed by atoms with Gasteiger partial charge in [-0.05, 0) is 30.5 Å². The first-order valence-corrected chi connectivity index (χ1v) is 12.3. The highest BCUT2D eigenvalue weighted by atomic mass is 35.5. The van der Waals surface area contributed by atoms with Crippen molar-refractivity contribution in [2.24, 2.45) is 11.7 Å². The van der Waals surface area contributed by atoms with Crippen molar-refractivity contribution in [3.63, 3.8) is 0 Å². The van der Waals surface area contributed by atoms with Crippen LogP contribution in [-0.4, -0.2) is 21.9 Å². The van der Waals surface area contributed by atoms with Crippen LogP contribution < -0.4 is 27.4 Å². The number of amides is 3. The molecule has 0 aliphatic heterocycles. The van der Waals surface area contributed by atoms with Crippen LogP contribution in [0.25, 0.3) is 11.1 Å². The number of carbonyl (C=O) groups excluding carboxylic acids is 2. The second-order valence-corrected chi connectivity index (χ2v) is 8.57. The van der Waals surface area contributed by atoms with E-state index in [4.69, 9.17) is 23.3 Å². The molecule has 0 aliphatic rings. The van der Waals surface area contributed by atoms with Crippen LogP contribution in [0.4, 0.5) is 16.3 Å². The van der Waals surface area contributed by atoms with E-state index < -0.39 is 6.03 Å². The Bertz CT molecular complexity index is 955. The maximum absolute atomic E-state index is 12.5. The molecular formula is C24H36ClN7O2. The zero-order chi connectivity index (χ0) is 24.9. The van der Waals surface area contributed by atoms with E-state index in [1.807, 2.05) is 12.3 Å². The SMILES string of the molecule is CCCCCCCCCCC(=O)Nc1cc(-c2c(CC)ncnc2N(N)C(=O)NN)ccc1Cl. The standard InChI is InChI=1S/C24H36ClN7O2/c1-3-5-6-7-8-9-10-11-12-21(33)30-20-15-17(13-14-18(20)25)22-19(4-2)28-16-29-23(22)32(27)24(34)31-26/h13-16H,3-12,26-27H2,1-2H3,(H,30,33)(H,31,34). The van der Waals surface area contributed by atoms with E-state index in [2.05, 4.69) is 22.2 Å². The van der Waals surface area contributed by atoms with Crippen molar-refractivity contribution in [1.29, 1.82) is 0 Å². The molecule has 3 amide bonds. The molecule has 0 saturated heterocycles. The van der Waals surface area contributed by atoms with Crippen molar-refractivity contribution in [2.45, 2.75) is 78.1 Å². The molecule has 0 fully saturated rings. The number of aryl methyl sites for hydroxylation is 1. The predicted octanol–water partition coefficient (Wildman–Crippen LogP) is 5.09. The fourth-order valence-corrected chi connectivity index (χ4v) is 3.90.